The van der Waals surface area contributed by atoms with Crippen LogP contribution in [0.4, 0.5) is 0 Å². The van der Waals surface area contributed by atoms with Gasteiger partial charge in [-0.25, -0.2) is 0 Å². The molecule has 1 amide bonds. The van der Waals surface area contributed by atoms with Crippen LogP contribution in [0.2, 0.25) is 0 Å². The molecule has 4 heteroatoms. The predicted molar refractivity (Wildman–Crippen MR) is 80.3 cm³/mol. The summed E-state index contributed by atoms with van der Waals surface area (Å²) in [5.74, 6) is -0.216. The van der Waals surface area contributed by atoms with Crippen LogP contribution >= 0.6 is 0 Å². The Morgan fingerprint density at radius 1 is 1.25 bits per heavy atom. The van der Waals surface area contributed by atoms with Crippen molar-refractivity contribution in [2.45, 2.75) is 26.8 Å². The van der Waals surface area contributed by atoms with Gasteiger partial charge in [-0.3, -0.25) is 4.79 Å². The molecule has 112 valence electrons. The SMILES string of the molecule is C=Cc1ccc(C[N+](CC)(CC)CCC(N)=O)cc1.[Cl-]. The molecule has 1 aromatic rings. The summed E-state index contributed by atoms with van der Waals surface area (Å²) >= 11 is 0. The fourth-order valence-corrected chi connectivity index (χ4v) is 2.34. The molecule has 2 N–H and O–H groups in total. The third kappa shape index (κ3) is 5.35. The molecule has 0 unspecified atom stereocenters. The van der Waals surface area contributed by atoms with Gasteiger partial charge in [-0.05, 0) is 19.4 Å². The first-order chi connectivity index (χ1) is 9.05. The van der Waals surface area contributed by atoms with E-state index < -0.39 is 0 Å². The maximum atomic E-state index is 11.0. The van der Waals surface area contributed by atoms with Gasteiger partial charge in [0.25, 0.3) is 0 Å². The van der Waals surface area contributed by atoms with E-state index in [0.29, 0.717) is 6.42 Å². The molecule has 0 bridgehead atoms. The quantitative estimate of drug-likeness (QED) is 0.650. The Hall–Kier alpha value is -1.32. The van der Waals surface area contributed by atoms with Gasteiger partial charge >= 0.3 is 0 Å². The van der Waals surface area contributed by atoms with E-state index in [4.69, 9.17) is 5.73 Å². The number of nitrogens with zero attached hydrogens (tertiary/aromatic N) is 1. The fraction of sp³-hybridized carbons (Fsp3) is 0.438. The zero-order valence-corrected chi connectivity index (χ0v) is 13.2. The Labute approximate surface area is 128 Å². The van der Waals surface area contributed by atoms with Gasteiger partial charge < -0.3 is 22.6 Å². The van der Waals surface area contributed by atoms with Crippen molar-refractivity contribution in [2.24, 2.45) is 5.73 Å². The minimum Gasteiger partial charge on any atom is -1.00 e. The molecule has 0 atom stereocenters. The highest BCUT2D eigenvalue weighted by atomic mass is 35.5. The number of quaternary nitrogens is 1. The number of carbonyl (C=O) groups is 1. The third-order valence-electron chi connectivity index (χ3n) is 3.91. The number of amides is 1. The molecular weight excluding hydrogens is 272 g/mol. The highest BCUT2D eigenvalue weighted by molar-refractivity contribution is 5.73. The summed E-state index contributed by atoms with van der Waals surface area (Å²) in [4.78, 5) is 11.0. The third-order valence-corrected chi connectivity index (χ3v) is 3.91. The molecule has 0 aliphatic rings. The smallest absolute Gasteiger partial charge is 0.223 e. The summed E-state index contributed by atoms with van der Waals surface area (Å²) < 4.78 is 0.899. The Morgan fingerprint density at radius 2 is 1.80 bits per heavy atom. The van der Waals surface area contributed by atoms with E-state index in [2.05, 4.69) is 44.7 Å². The first kappa shape index (κ1) is 18.7. The van der Waals surface area contributed by atoms with Crippen LogP contribution in [0.25, 0.3) is 6.08 Å². The zero-order chi connectivity index (χ0) is 14.3. The highest BCUT2D eigenvalue weighted by Crippen LogP contribution is 2.16. The average Bonchev–Trinajstić information content (AvgIpc) is 2.44. The lowest BCUT2D eigenvalue weighted by Crippen LogP contribution is -3.00. The summed E-state index contributed by atoms with van der Waals surface area (Å²) in [6.07, 6.45) is 2.30. The van der Waals surface area contributed by atoms with Gasteiger partial charge in [-0.15, -0.1) is 0 Å². The lowest BCUT2D eigenvalue weighted by atomic mass is 10.1. The molecule has 0 aromatic heterocycles. The van der Waals surface area contributed by atoms with Crippen LogP contribution in [0, 0.1) is 0 Å². The van der Waals surface area contributed by atoms with Crippen molar-refractivity contribution in [3.8, 4) is 0 Å². The van der Waals surface area contributed by atoms with Gasteiger partial charge in [0.15, 0.2) is 0 Å². The van der Waals surface area contributed by atoms with Crippen LogP contribution in [0.3, 0.4) is 0 Å². The van der Waals surface area contributed by atoms with E-state index in [1.807, 2.05) is 6.08 Å². The van der Waals surface area contributed by atoms with Crippen LogP contribution in [0.1, 0.15) is 31.4 Å². The van der Waals surface area contributed by atoms with Gasteiger partial charge in [-0.2, -0.15) is 0 Å². The molecular formula is C16H25ClN2O. The summed E-state index contributed by atoms with van der Waals surface area (Å²) in [7, 11) is 0. The van der Waals surface area contributed by atoms with Crippen LogP contribution < -0.4 is 18.1 Å². The molecule has 0 spiro atoms. The molecule has 0 saturated heterocycles. The highest BCUT2D eigenvalue weighted by Gasteiger charge is 2.24. The number of rotatable bonds is 8. The number of hydrogen-bond donors (Lipinski definition) is 1. The van der Waals surface area contributed by atoms with Crippen LogP contribution in [0.15, 0.2) is 30.8 Å². The van der Waals surface area contributed by atoms with Gasteiger partial charge in [0.1, 0.15) is 6.54 Å². The first-order valence-electron chi connectivity index (χ1n) is 6.90. The van der Waals surface area contributed by atoms with Crippen molar-refractivity contribution in [3.63, 3.8) is 0 Å². The summed E-state index contributed by atoms with van der Waals surface area (Å²) in [6.45, 7) is 11.9. The summed E-state index contributed by atoms with van der Waals surface area (Å²) in [5.41, 5.74) is 7.70. The molecule has 0 aliphatic carbocycles. The fourth-order valence-electron chi connectivity index (χ4n) is 2.34. The van der Waals surface area contributed by atoms with Crippen LogP contribution in [0.5, 0.6) is 0 Å². The molecule has 0 fully saturated rings. The minimum absolute atomic E-state index is 0. The molecule has 0 saturated carbocycles. The van der Waals surface area contributed by atoms with E-state index in [1.54, 1.807) is 0 Å². The van der Waals surface area contributed by atoms with Crippen LogP contribution in [-0.2, 0) is 11.3 Å². The largest absolute Gasteiger partial charge is 1.00 e. The van der Waals surface area contributed by atoms with Gasteiger partial charge in [-0.1, -0.05) is 36.9 Å². The number of primary amides is 1. The maximum Gasteiger partial charge on any atom is 0.223 e. The van der Waals surface area contributed by atoms with E-state index in [-0.39, 0.29) is 18.3 Å². The van der Waals surface area contributed by atoms with Crippen molar-refractivity contribution in [1.29, 1.82) is 0 Å². The molecule has 20 heavy (non-hydrogen) atoms. The van der Waals surface area contributed by atoms with Gasteiger partial charge in [0, 0.05) is 5.56 Å². The summed E-state index contributed by atoms with van der Waals surface area (Å²) in [6, 6.07) is 8.44. The number of halogens is 1. The number of nitrogens with two attached hydrogens (primary N) is 1. The normalized spacial score (nSPS) is 10.7. The molecule has 1 aromatic carbocycles. The van der Waals surface area contributed by atoms with E-state index in [1.165, 1.54) is 5.56 Å². The molecule has 3 nitrogen and oxygen atoms in total. The lowest BCUT2D eigenvalue weighted by molar-refractivity contribution is -0.937. The molecule has 0 radical (unpaired) electrons. The number of hydrogen-bond acceptors (Lipinski definition) is 1. The lowest BCUT2D eigenvalue weighted by Gasteiger charge is -2.36. The molecule has 1 rings (SSSR count). The standard InChI is InChI=1S/C16H24N2O.ClH/c1-4-14-7-9-15(10-8-14)13-18(5-2,6-3)12-11-16(17)19;/h4,7-10H,1,5-6,11-13H2,2-3H3,(H-,17,19);1H. The first-order valence-corrected chi connectivity index (χ1v) is 6.90. The zero-order valence-electron chi connectivity index (χ0n) is 12.4. The van der Waals surface area contributed by atoms with Gasteiger partial charge in [0.2, 0.25) is 5.91 Å². The number of benzene rings is 1. The van der Waals surface area contributed by atoms with E-state index >= 15 is 0 Å². The Kier molecular flexibility index (Phi) is 8.19. The molecule has 0 heterocycles. The van der Waals surface area contributed by atoms with Crippen molar-refractivity contribution in [1.82, 2.24) is 0 Å². The number of carbonyl (C=O) groups excluding carboxylic acids is 1. The second-order valence-corrected chi connectivity index (χ2v) is 5.02. The Morgan fingerprint density at radius 3 is 2.20 bits per heavy atom. The van der Waals surface area contributed by atoms with Crippen LogP contribution in [-0.4, -0.2) is 30.0 Å². The van der Waals surface area contributed by atoms with E-state index in [9.17, 15) is 4.79 Å². The predicted octanol–water partition coefficient (Wildman–Crippen LogP) is -0.434. The van der Waals surface area contributed by atoms with Crippen molar-refractivity contribution in [3.05, 3.63) is 42.0 Å². The monoisotopic (exact) mass is 296 g/mol. The topological polar surface area (TPSA) is 43.1 Å². The maximum absolute atomic E-state index is 11.0. The second-order valence-electron chi connectivity index (χ2n) is 5.02. The van der Waals surface area contributed by atoms with Crippen molar-refractivity contribution < 1.29 is 21.7 Å². The Bertz CT molecular complexity index is 425. The second kappa shape index (κ2) is 8.77. The van der Waals surface area contributed by atoms with Crippen molar-refractivity contribution >= 4 is 12.0 Å². The van der Waals surface area contributed by atoms with Gasteiger partial charge in [0.05, 0.1) is 26.1 Å². The minimum atomic E-state index is -0.216. The van der Waals surface area contributed by atoms with E-state index in [0.717, 1.165) is 36.2 Å². The van der Waals surface area contributed by atoms with Crippen molar-refractivity contribution in [2.75, 3.05) is 19.6 Å². The summed E-state index contributed by atoms with van der Waals surface area (Å²) in [5, 5.41) is 0. The average molecular weight is 297 g/mol. The Balaban J connectivity index is 0.00000361. The molecule has 0 aliphatic heterocycles.